The molecule has 0 radical (unpaired) electrons. The molecule has 1 amide bonds. The molecule has 6 heteroatoms. The molecule has 2 rings (SSSR count). The largest absolute Gasteiger partial charge is 0.378 e. The van der Waals surface area contributed by atoms with Gasteiger partial charge in [-0.25, -0.2) is 4.98 Å². The molecular formula is C18H19N3O3. The van der Waals surface area contributed by atoms with Crippen LogP contribution in [0.5, 0.6) is 0 Å². The lowest BCUT2D eigenvalue weighted by atomic mass is 10.1. The SMILES string of the molecule is Cc1nc(CNC(=O)c2cccc(C#CC(C)(C)O)c2)cc(=O)[nH]1. The molecule has 124 valence electrons. The van der Waals surface area contributed by atoms with E-state index in [0.29, 0.717) is 22.6 Å². The van der Waals surface area contributed by atoms with Gasteiger partial charge < -0.3 is 15.4 Å². The van der Waals surface area contributed by atoms with Gasteiger partial charge in [-0.1, -0.05) is 17.9 Å². The van der Waals surface area contributed by atoms with E-state index in [2.05, 4.69) is 27.1 Å². The number of rotatable bonds is 3. The molecule has 0 spiro atoms. The Hall–Kier alpha value is -2.91. The summed E-state index contributed by atoms with van der Waals surface area (Å²) < 4.78 is 0. The number of nitrogens with zero attached hydrogens (tertiary/aromatic N) is 1. The number of carbonyl (C=O) groups excluding carboxylic acids is 1. The Morgan fingerprint density at radius 1 is 1.38 bits per heavy atom. The van der Waals surface area contributed by atoms with Gasteiger partial charge in [-0.2, -0.15) is 0 Å². The second-order valence-corrected chi connectivity index (χ2v) is 5.89. The van der Waals surface area contributed by atoms with Crippen LogP contribution < -0.4 is 10.9 Å². The van der Waals surface area contributed by atoms with Gasteiger partial charge in [0.1, 0.15) is 11.4 Å². The van der Waals surface area contributed by atoms with Crippen molar-refractivity contribution in [3.63, 3.8) is 0 Å². The predicted molar refractivity (Wildman–Crippen MR) is 90.4 cm³/mol. The Morgan fingerprint density at radius 2 is 2.12 bits per heavy atom. The topological polar surface area (TPSA) is 95.1 Å². The third-order valence-electron chi connectivity index (χ3n) is 2.98. The molecule has 0 bridgehead atoms. The molecule has 0 unspecified atom stereocenters. The summed E-state index contributed by atoms with van der Waals surface area (Å²) in [5.74, 6) is 5.74. The number of aryl methyl sites for hydroxylation is 1. The number of hydrogen-bond donors (Lipinski definition) is 3. The zero-order chi connectivity index (χ0) is 17.7. The first kappa shape index (κ1) is 17.4. The van der Waals surface area contributed by atoms with Gasteiger partial charge in [0.05, 0.1) is 12.2 Å². The number of nitrogens with one attached hydrogen (secondary N) is 2. The lowest BCUT2D eigenvalue weighted by molar-refractivity contribution is 0.0950. The molecular weight excluding hydrogens is 306 g/mol. The molecule has 0 fully saturated rings. The van der Waals surface area contributed by atoms with Crippen molar-refractivity contribution in [3.05, 3.63) is 63.3 Å². The summed E-state index contributed by atoms with van der Waals surface area (Å²) >= 11 is 0. The Kier molecular flexibility index (Phi) is 5.17. The van der Waals surface area contributed by atoms with Gasteiger partial charge in [0, 0.05) is 17.2 Å². The molecule has 0 atom stereocenters. The van der Waals surface area contributed by atoms with E-state index in [1.165, 1.54) is 6.07 Å². The normalized spacial score (nSPS) is 10.7. The van der Waals surface area contributed by atoms with Crippen LogP contribution in [0.15, 0.2) is 35.1 Å². The highest BCUT2D eigenvalue weighted by Gasteiger charge is 2.08. The van der Waals surface area contributed by atoms with Crippen molar-refractivity contribution in [2.45, 2.75) is 32.9 Å². The van der Waals surface area contributed by atoms with Crippen LogP contribution in [0.25, 0.3) is 0 Å². The number of aromatic nitrogens is 2. The van der Waals surface area contributed by atoms with Crippen LogP contribution in [0.3, 0.4) is 0 Å². The van der Waals surface area contributed by atoms with Gasteiger partial charge in [0.2, 0.25) is 0 Å². The molecule has 24 heavy (non-hydrogen) atoms. The molecule has 0 aliphatic carbocycles. The second-order valence-electron chi connectivity index (χ2n) is 5.89. The van der Waals surface area contributed by atoms with E-state index >= 15 is 0 Å². The Morgan fingerprint density at radius 3 is 2.79 bits per heavy atom. The summed E-state index contributed by atoms with van der Waals surface area (Å²) in [7, 11) is 0. The van der Waals surface area contributed by atoms with E-state index in [1.807, 2.05) is 0 Å². The third-order valence-corrected chi connectivity index (χ3v) is 2.98. The first-order valence-corrected chi connectivity index (χ1v) is 7.43. The summed E-state index contributed by atoms with van der Waals surface area (Å²) in [4.78, 5) is 30.3. The quantitative estimate of drug-likeness (QED) is 0.737. The van der Waals surface area contributed by atoms with E-state index in [0.717, 1.165) is 0 Å². The maximum atomic E-state index is 12.2. The van der Waals surface area contributed by atoms with Crippen molar-refractivity contribution in [1.82, 2.24) is 15.3 Å². The summed E-state index contributed by atoms with van der Waals surface area (Å²) in [5, 5.41) is 12.3. The first-order chi connectivity index (χ1) is 11.2. The molecule has 0 aliphatic rings. The standard InChI is InChI=1S/C18H19N3O3/c1-12-20-15(10-16(22)21-12)11-19-17(23)14-6-4-5-13(9-14)7-8-18(2,3)24/h4-6,9-10,24H,11H2,1-3H3,(H,19,23)(H,20,21,22). The molecule has 6 nitrogen and oxygen atoms in total. The Bertz CT molecular complexity index is 867. The van der Waals surface area contributed by atoms with E-state index in [-0.39, 0.29) is 18.0 Å². The molecule has 2 aromatic rings. The van der Waals surface area contributed by atoms with Crippen LogP contribution in [0.4, 0.5) is 0 Å². The summed E-state index contributed by atoms with van der Waals surface area (Å²) in [6, 6.07) is 8.14. The molecule has 1 aromatic heterocycles. The van der Waals surface area contributed by atoms with Crippen LogP contribution in [0.1, 0.15) is 41.3 Å². The van der Waals surface area contributed by atoms with Gasteiger partial charge >= 0.3 is 0 Å². The van der Waals surface area contributed by atoms with E-state index < -0.39 is 5.60 Å². The summed E-state index contributed by atoms with van der Waals surface area (Å²) in [6.45, 7) is 5.01. The lowest BCUT2D eigenvalue weighted by Gasteiger charge is -2.07. The van der Waals surface area contributed by atoms with Crippen molar-refractivity contribution < 1.29 is 9.90 Å². The highest BCUT2D eigenvalue weighted by Crippen LogP contribution is 2.06. The molecule has 3 N–H and O–H groups in total. The molecule has 0 saturated heterocycles. The van der Waals surface area contributed by atoms with Gasteiger partial charge in [0.25, 0.3) is 11.5 Å². The zero-order valence-electron chi connectivity index (χ0n) is 13.8. The number of amides is 1. The Labute approximate surface area is 140 Å². The highest BCUT2D eigenvalue weighted by atomic mass is 16.3. The summed E-state index contributed by atoms with van der Waals surface area (Å²) in [5.41, 5.74) is 0.217. The Balaban J connectivity index is 2.09. The fourth-order valence-electron chi connectivity index (χ4n) is 1.97. The molecule has 0 saturated carbocycles. The van der Waals surface area contributed by atoms with E-state index in [4.69, 9.17) is 0 Å². The van der Waals surface area contributed by atoms with Crippen LogP contribution in [-0.2, 0) is 6.54 Å². The number of aliphatic hydroxyl groups is 1. The zero-order valence-corrected chi connectivity index (χ0v) is 13.8. The summed E-state index contributed by atoms with van der Waals surface area (Å²) in [6.07, 6.45) is 0. The average molecular weight is 325 g/mol. The number of hydrogen-bond acceptors (Lipinski definition) is 4. The number of carbonyl (C=O) groups is 1. The molecule has 1 heterocycles. The number of H-pyrrole nitrogens is 1. The van der Waals surface area contributed by atoms with Gasteiger partial charge in [0.15, 0.2) is 0 Å². The van der Waals surface area contributed by atoms with Crippen molar-refractivity contribution in [2.75, 3.05) is 0 Å². The maximum Gasteiger partial charge on any atom is 0.251 e. The fourth-order valence-corrected chi connectivity index (χ4v) is 1.97. The van der Waals surface area contributed by atoms with Crippen LogP contribution >= 0.6 is 0 Å². The van der Waals surface area contributed by atoms with E-state index in [9.17, 15) is 14.7 Å². The predicted octanol–water partition coefficient (Wildman–Crippen LogP) is 1.13. The molecule has 0 aliphatic heterocycles. The fraction of sp³-hybridized carbons (Fsp3) is 0.278. The average Bonchev–Trinajstić information content (AvgIpc) is 2.49. The third kappa shape index (κ3) is 5.38. The maximum absolute atomic E-state index is 12.2. The van der Waals surface area contributed by atoms with Gasteiger partial charge in [-0.3, -0.25) is 9.59 Å². The number of benzene rings is 1. The monoisotopic (exact) mass is 325 g/mol. The first-order valence-electron chi connectivity index (χ1n) is 7.43. The van der Waals surface area contributed by atoms with E-state index in [1.54, 1.807) is 45.0 Å². The van der Waals surface area contributed by atoms with Crippen molar-refractivity contribution in [2.24, 2.45) is 0 Å². The van der Waals surface area contributed by atoms with Crippen molar-refractivity contribution in [1.29, 1.82) is 0 Å². The second kappa shape index (κ2) is 7.11. The minimum absolute atomic E-state index is 0.156. The van der Waals surface area contributed by atoms with Crippen LogP contribution in [0, 0.1) is 18.8 Å². The number of aromatic amines is 1. The van der Waals surface area contributed by atoms with Gasteiger partial charge in [-0.15, -0.1) is 0 Å². The van der Waals surface area contributed by atoms with Crippen LogP contribution in [0.2, 0.25) is 0 Å². The minimum atomic E-state index is -1.10. The van der Waals surface area contributed by atoms with Gasteiger partial charge in [-0.05, 0) is 39.0 Å². The van der Waals surface area contributed by atoms with Crippen molar-refractivity contribution in [3.8, 4) is 11.8 Å². The van der Waals surface area contributed by atoms with Crippen molar-refractivity contribution >= 4 is 5.91 Å². The smallest absolute Gasteiger partial charge is 0.251 e. The van der Waals surface area contributed by atoms with Crippen LogP contribution in [-0.4, -0.2) is 26.6 Å². The lowest BCUT2D eigenvalue weighted by Crippen LogP contribution is -2.24. The highest BCUT2D eigenvalue weighted by molar-refractivity contribution is 5.94. The minimum Gasteiger partial charge on any atom is -0.378 e. The molecule has 1 aromatic carbocycles.